The first-order chi connectivity index (χ1) is 10.9. The Bertz CT molecular complexity index is 624. The highest BCUT2D eigenvalue weighted by Gasteiger charge is 2.50. The molecule has 2 fully saturated rings. The zero-order valence-corrected chi connectivity index (χ0v) is 14.2. The summed E-state index contributed by atoms with van der Waals surface area (Å²) in [4.78, 5) is 25.7. The molecule has 124 valence electrons. The fourth-order valence-electron chi connectivity index (χ4n) is 4.24. The Hall–Kier alpha value is -1.68. The largest absolute Gasteiger partial charge is 0.492 e. The second-order valence-electron chi connectivity index (χ2n) is 7.39. The number of Topliss-reactive ketones (excluding diaryl/α,β-unsaturated/α-hetero) is 2. The van der Waals surface area contributed by atoms with Gasteiger partial charge in [-0.3, -0.25) is 14.5 Å². The molecule has 1 spiro atoms. The number of rotatable bonds is 6. The van der Waals surface area contributed by atoms with Gasteiger partial charge in [0.2, 0.25) is 0 Å². The van der Waals surface area contributed by atoms with Gasteiger partial charge in [0.15, 0.2) is 11.6 Å². The molecular weight excluding hydrogens is 290 g/mol. The Morgan fingerprint density at radius 1 is 1.17 bits per heavy atom. The second kappa shape index (κ2) is 6.08. The van der Waals surface area contributed by atoms with Gasteiger partial charge >= 0.3 is 0 Å². The fraction of sp³-hybridized carbons (Fsp3) is 0.579. The van der Waals surface area contributed by atoms with E-state index in [1.807, 2.05) is 0 Å². The molecule has 0 amide bonds. The van der Waals surface area contributed by atoms with Gasteiger partial charge in [0, 0.05) is 30.8 Å². The number of carbonyl (C=O) groups is 2. The van der Waals surface area contributed by atoms with E-state index in [0.717, 1.165) is 12.5 Å². The number of benzene rings is 1. The van der Waals surface area contributed by atoms with Crippen LogP contribution in [0.25, 0.3) is 0 Å². The van der Waals surface area contributed by atoms with Crippen LogP contribution in [0.1, 0.15) is 54.3 Å². The van der Waals surface area contributed by atoms with Crippen molar-refractivity contribution in [3.05, 3.63) is 29.3 Å². The summed E-state index contributed by atoms with van der Waals surface area (Å²) in [6, 6.07) is 5.14. The minimum Gasteiger partial charge on any atom is -0.492 e. The molecule has 3 rings (SSSR count). The molecule has 0 bridgehead atoms. The Labute approximate surface area is 137 Å². The standard InChI is InChI=1S/C19H25NO3/c1-13-9-19(10-13)11-20(12-19)6-7-23-16-4-5-17(14(2)21)18(8-16)15(3)22/h4-5,8,13H,6-7,9-12H2,1-3H3. The smallest absolute Gasteiger partial charge is 0.160 e. The van der Waals surface area contributed by atoms with Crippen molar-refractivity contribution in [1.82, 2.24) is 4.90 Å². The highest BCUT2D eigenvalue weighted by molar-refractivity contribution is 6.07. The maximum absolute atomic E-state index is 11.7. The molecular formula is C19H25NO3. The van der Waals surface area contributed by atoms with Gasteiger partial charge in [-0.2, -0.15) is 0 Å². The minimum absolute atomic E-state index is 0.0950. The van der Waals surface area contributed by atoms with Crippen LogP contribution in [0.4, 0.5) is 0 Å². The van der Waals surface area contributed by atoms with Gasteiger partial charge < -0.3 is 4.74 Å². The summed E-state index contributed by atoms with van der Waals surface area (Å²) in [7, 11) is 0. The normalized spacial score (nSPS) is 20.0. The van der Waals surface area contributed by atoms with Crippen molar-refractivity contribution >= 4 is 11.6 Å². The summed E-state index contributed by atoms with van der Waals surface area (Å²) < 4.78 is 5.77. The zero-order valence-electron chi connectivity index (χ0n) is 14.2. The molecule has 4 nitrogen and oxygen atoms in total. The van der Waals surface area contributed by atoms with E-state index in [4.69, 9.17) is 4.74 Å². The summed E-state index contributed by atoms with van der Waals surface area (Å²) >= 11 is 0. The lowest BCUT2D eigenvalue weighted by molar-refractivity contribution is -0.0918. The summed E-state index contributed by atoms with van der Waals surface area (Å²) in [6.07, 6.45) is 2.75. The van der Waals surface area contributed by atoms with Crippen LogP contribution in [0.3, 0.4) is 0 Å². The Morgan fingerprint density at radius 2 is 1.83 bits per heavy atom. The van der Waals surface area contributed by atoms with Gasteiger partial charge in [0.1, 0.15) is 12.4 Å². The van der Waals surface area contributed by atoms with E-state index in [0.29, 0.717) is 28.9 Å². The molecule has 0 unspecified atom stereocenters. The predicted molar refractivity (Wildman–Crippen MR) is 89.2 cm³/mol. The van der Waals surface area contributed by atoms with Crippen LogP contribution in [0.15, 0.2) is 18.2 Å². The Balaban J connectivity index is 1.50. The molecule has 4 heteroatoms. The number of carbonyl (C=O) groups excluding carboxylic acids is 2. The Kier molecular flexibility index (Phi) is 4.28. The molecule has 0 aromatic heterocycles. The van der Waals surface area contributed by atoms with E-state index in [-0.39, 0.29) is 11.6 Å². The van der Waals surface area contributed by atoms with Crippen LogP contribution in [0.5, 0.6) is 5.75 Å². The van der Waals surface area contributed by atoms with Crippen LogP contribution in [-0.2, 0) is 0 Å². The molecule has 0 N–H and O–H groups in total. The third-order valence-corrected chi connectivity index (χ3v) is 5.11. The van der Waals surface area contributed by atoms with Gasteiger partial charge in [0.05, 0.1) is 0 Å². The van der Waals surface area contributed by atoms with E-state index in [9.17, 15) is 9.59 Å². The molecule has 1 aromatic carbocycles. The van der Waals surface area contributed by atoms with Crippen LogP contribution < -0.4 is 4.74 Å². The lowest BCUT2D eigenvalue weighted by Gasteiger charge is -2.58. The first kappa shape index (κ1) is 16.2. The predicted octanol–water partition coefficient (Wildman–Crippen LogP) is 3.20. The van der Waals surface area contributed by atoms with Gasteiger partial charge in [-0.25, -0.2) is 0 Å². The van der Waals surface area contributed by atoms with Crippen LogP contribution in [0.2, 0.25) is 0 Å². The van der Waals surface area contributed by atoms with Crippen molar-refractivity contribution in [3.8, 4) is 5.75 Å². The van der Waals surface area contributed by atoms with Crippen molar-refractivity contribution < 1.29 is 14.3 Å². The highest BCUT2D eigenvalue weighted by atomic mass is 16.5. The molecule has 1 saturated carbocycles. The van der Waals surface area contributed by atoms with Gasteiger partial charge in [-0.05, 0) is 56.2 Å². The van der Waals surface area contributed by atoms with E-state index < -0.39 is 0 Å². The zero-order chi connectivity index (χ0) is 16.6. The average molecular weight is 315 g/mol. The SMILES string of the molecule is CC(=O)c1ccc(OCCN2CC3(CC(C)C3)C2)cc1C(C)=O. The van der Waals surface area contributed by atoms with Gasteiger partial charge in [-0.1, -0.05) is 6.92 Å². The molecule has 1 heterocycles. The van der Waals surface area contributed by atoms with E-state index in [1.54, 1.807) is 18.2 Å². The van der Waals surface area contributed by atoms with Crippen molar-refractivity contribution in [2.45, 2.75) is 33.6 Å². The molecule has 1 aliphatic heterocycles. The maximum atomic E-state index is 11.7. The molecule has 0 atom stereocenters. The van der Waals surface area contributed by atoms with Crippen molar-refractivity contribution in [1.29, 1.82) is 0 Å². The van der Waals surface area contributed by atoms with E-state index in [2.05, 4.69) is 11.8 Å². The molecule has 2 aliphatic rings. The fourth-order valence-corrected chi connectivity index (χ4v) is 4.24. The van der Waals surface area contributed by atoms with Crippen molar-refractivity contribution in [3.63, 3.8) is 0 Å². The third kappa shape index (κ3) is 3.32. The molecule has 1 saturated heterocycles. The average Bonchev–Trinajstić information content (AvgIpc) is 2.42. The van der Waals surface area contributed by atoms with Crippen molar-refractivity contribution in [2.75, 3.05) is 26.2 Å². The molecule has 23 heavy (non-hydrogen) atoms. The van der Waals surface area contributed by atoms with Crippen LogP contribution in [-0.4, -0.2) is 42.7 Å². The summed E-state index contributed by atoms with van der Waals surface area (Å²) in [6.45, 7) is 9.20. The van der Waals surface area contributed by atoms with Gasteiger partial charge in [0.25, 0.3) is 0 Å². The number of nitrogens with zero attached hydrogens (tertiary/aromatic N) is 1. The number of ketones is 2. The Morgan fingerprint density at radius 3 is 2.39 bits per heavy atom. The third-order valence-electron chi connectivity index (χ3n) is 5.11. The lowest BCUT2D eigenvalue weighted by Crippen LogP contribution is -2.62. The second-order valence-corrected chi connectivity index (χ2v) is 7.39. The van der Waals surface area contributed by atoms with E-state index in [1.165, 1.54) is 39.8 Å². The first-order valence-corrected chi connectivity index (χ1v) is 8.40. The monoisotopic (exact) mass is 315 g/mol. The number of hydrogen-bond donors (Lipinski definition) is 0. The van der Waals surface area contributed by atoms with Crippen LogP contribution in [0, 0.1) is 11.3 Å². The lowest BCUT2D eigenvalue weighted by atomic mass is 9.58. The summed E-state index contributed by atoms with van der Waals surface area (Å²) in [5, 5.41) is 0. The number of ether oxygens (including phenoxy) is 1. The number of hydrogen-bond acceptors (Lipinski definition) is 4. The quantitative estimate of drug-likeness (QED) is 0.756. The number of likely N-dealkylation sites (tertiary alicyclic amines) is 1. The summed E-state index contributed by atoms with van der Waals surface area (Å²) in [5.74, 6) is 1.36. The molecule has 1 aliphatic carbocycles. The van der Waals surface area contributed by atoms with Crippen LogP contribution >= 0.6 is 0 Å². The minimum atomic E-state index is -0.107. The first-order valence-electron chi connectivity index (χ1n) is 8.40. The molecule has 0 radical (unpaired) electrons. The highest BCUT2D eigenvalue weighted by Crippen LogP contribution is 2.51. The maximum Gasteiger partial charge on any atom is 0.160 e. The molecule has 1 aromatic rings. The van der Waals surface area contributed by atoms with Crippen molar-refractivity contribution in [2.24, 2.45) is 11.3 Å². The van der Waals surface area contributed by atoms with E-state index >= 15 is 0 Å². The van der Waals surface area contributed by atoms with Gasteiger partial charge in [-0.15, -0.1) is 0 Å². The topological polar surface area (TPSA) is 46.6 Å². The summed E-state index contributed by atoms with van der Waals surface area (Å²) in [5.41, 5.74) is 1.53.